The molecule has 1 fully saturated rings. The Balaban J connectivity index is 1.91. The van der Waals surface area contributed by atoms with Gasteiger partial charge in [-0.05, 0) is 33.3 Å². The van der Waals surface area contributed by atoms with Gasteiger partial charge in [0, 0.05) is 78.7 Å². The van der Waals surface area contributed by atoms with Crippen LogP contribution in [0.25, 0.3) is 0 Å². The number of aliphatic imine (C=N–C) groups is 1. The number of piperazine rings is 1. The topological polar surface area (TPSA) is 47.9 Å². The van der Waals surface area contributed by atoms with Gasteiger partial charge >= 0.3 is 0 Å². The van der Waals surface area contributed by atoms with Crippen LogP contribution in [0.5, 0.6) is 0 Å². The van der Waals surface area contributed by atoms with Crippen molar-refractivity contribution in [1.29, 1.82) is 0 Å². The lowest BCUT2D eigenvalue weighted by molar-refractivity contribution is 0.125. The molecule has 1 aliphatic rings. The maximum Gasteiger partial charge on any atom is 0.193 e. The highest BCUT2D eigenvalue weighted by atomic mass is 32.2. The van der Waals surface area contributed by atoms with Crippen LogP contribution in [0.15, 0.2) is 23.2 Å². The molecule has 164 valence electrons. The van der Waals surface area contributed by atoms with Gasteiger partial charge < -0.3 is 10.2 Å². The van der Waals surface area contributed by atoms with Crippen LogP contribution in [0.4, 0.5) is 8.78 Å². The molecule has 2 atom stereocenters. The molecule has 0 aromatic heterocycles. The molecule has 0 aliphatic carbocycles. The molecule has 0 bridgehead atoms. The Bertz CT molecular complexity index is 728. The molecule has 29 heavy (non-hydrogen) atoms. The predicted molar refractivity (Wildman–Crippen MR) is 117 cm³/mol. The monoisotopic (exact) mass is 428 g/mol. The molecule has 0 amide bonds. The molecule has 2 rings (SSSR count). The number of guanidine groups is 1. The van der Waals surface area contributed by atoms with Crippen molar-refractivity contribution in [2.24, 2.45) is 4.99 Å². The third-order valence-corrected chi connectivity index (χ3v) is 7.17. The van der Waals surface area contributed by atoms with E-state index >= 15 is 0 Å². The van der Waals surface area contributed by atoms with Crippen molar-refractivity contribution in [3.8, 4) is 0 Å². The van der Waals surface area contributed by atoms with Crippen LogP contribution in [-0.4, -0.2) is 70.2 Å². The second kappa shape index (κ2) is 10.5. The third kappa shape index (κ3) is 6.47. The summed E-state index contributed by atoms with van der Waals surface area (Å²) < 4.78 is 39.5. The van der Waals surface area contributed by atoms with E-state index in [-0.39, 0.29) is 10.8 Å². The number of rotatable bonds is 6. The average Bonchev–Trinajstić information content (AvgIpc) is 2.67. The van der Waals surface area contributed by atoms with E-state index in [0.29, 0.717) is 17.9 Å². The maximum absolute atomic E-state index is 14.3. The standard InChI is InChI=1S/C21H34F2N4OS/c1-6-19(17-8-7-16(22)15-18(17)23)26-10-12-27(13-11-26)20(24-5)25-9-14-29(28)21(2,3)4/h7-8,15,19H,6,9-14H2,1-5H3,(H,24,25). The molecule has 1 aromatic carbocycles. The number of hydrogen-bond donors (Lipinski definition) is 1. The third-order valence-electron chi connectivity index (χ3n) is 5.23. The zero-order valence-corrected chi connectivity index (χ0v) is 19.0. The predicted octanol–water partition coefficient (Wildman–Crippen LogP) is 3.16. The Kier molecular flexibility index (Phi) is 8.58. The lowest BCUT2D eigenvalue weighted by Crippen LogP contribution is -2.53. The summed E-state index contributed by atoms with van der Waals surface area (Å²) in [5.74, 6) is 0.345. The summed E-state index contributed by atoms with van der Waals surface area (Å²) >= 11 is 0. The highest BCUT2D eigenvalue weighted by Crippen LogP contribution is 2.28. The molecule has 1 heterocycles. The van der Waals surface area contributed by atoms with Crippen molar-refractivity contribution in [2.45, 2.75) is 44.9 Å². The van der Waals surface area contributed by atoms with Crippen molar-refractivity contribution < 1.29 is 13.0 Å². The van der Waals surface area contributed by atoms with Gasteiger partial charge in [-0.25, -0.2) is 8.78 Å². The summed E-state index contributed by atoms with van der Waals surface area (Å²) in [5, 5.41) is 3.31. The summed E-state index contributed by atoms with van der Waals surface area (Å²) in [6.07, 6.45) is 0.758. The van der Waals surface area contributed by atoms with Gasteiger partial charge in [0.15, 0.2) is 5.96 Å². The van der Waals surface area contributed by atoms with Crippen molar-refractivity contribution >= 4 is 16.8 Å². The summed E-state index contributed by atoms with van der Waals surface area (Å²) in [5.41, 5.74) is 0.550. The SMILES string of the molecule is CCC(c1ccc(F)cc1F)N1CCN(C(=NC)NCCS(=O)C(C)(C)C)CC1. The van der Waals surface area contributed by atoms with E-state index < -0.39 is 22.4 Å². The summed E-state index contributed by atoms with van der Waals surface area (Å²) in [6.45, 7) is 11.6. The van der Waals surface area contributed by atoms with Gasteiger partial charge in [-0.2, -0.15) is 0 Å². The van der Waals surface area contributed by atoms with E-state index in [0.717, 1.165) is 44.6 Å². The number of hydrogen-bond acceptors (Lipinski definition) is 3. The lowest BCUT2D eigenvalue weighted by atomic mass is 10.0. The minimum atomic E-state index is -0.906. The van der Waals surface area contributed by atoms with Crippen LogP contribution >= 0.6 is 0 Å². The molecule has 8 heteroatoms. The van der Waals surface area contributed by atoms with Gasteiger partial charge in [0.05, 0.1) is 0 Å². The molecule has 2 unspecified atom stereocenters. The molecule has 1 aliphatic heterocycles. The molecule has 0 spiro atoms. The van der Waals surface area contributed by atoms with Crippen LogP contribution in [0.2, 0.25) is 0 Å². The molecule has 1 N–H and O–H groups in total. The molecule has 1 aromatic rings. The highest BCUT2D eigenvalue weighted by molar-refractivity contribution is 7.86. The minimum Gasteiger partial charge on any atom is -0.355 e. The van der Waals surface area contributed by atoms with Gasteiger partial charge in [0.1, 0.15) is 11.6 Å². The maximum atomic E-state index is 14.3. The van der Waals surface area contributed by atoms with Gasteiger partial charge in [0.25, 0.3) is 0 Å². The molecule has 0 saturated carbocycles. The molecule has 0 radical (unpaired) electrons. The lowest BCUT2D eigenvalue weighted by Gasteiger charge is -2.40. The largest absolute Gasteiger partial charge is 0.355 e. The summed E-state index contributed by atoms with van der Waals surface area (Å²) in [6, 6.07) is 3.77. The van der Waals surface area contributed by atoms with E-state index in [4.69, 9.17) is 0 Å². The number of halogens is 2. The van der Waals surface area contributed by atoms with E-state index in [2.05, 4.69) is 20.1 Å². The second-order valence-electron chi connectivity index (χ2n) is 8.25. The van der Waals surface area contributed by atoms with Gasteiger partial charge in [-0.15, -0.1) is 0 Å². The fourth-order valence-electron chi connectivity index (χ4n) is 3.59. The molecule has 5 nitrogen and oxygen atoms in total. The van der Waals surface area contributed by atoms with Crippen LogP contribution in [0, 0.1) is 11.6 Å². The first-order valence-corrected chi connectivity index (χ1v) is 11.5. The van der Waals surface area contributed by atoms with E-state index in [1.807, 2.05) is 27.7 Å². The van der Waals surface area contributed by atoms with E-state index in [1.165, 1.54) is 6.07 Å². The summed E-state index contributed by atoms with van der Waals surface area (Å²) in [4.78, 5) is 8.77. The quantitative estimate of drug-likeness (QED) is 0.559. The highest BCUT2D eigenvalue weighted by Gasteiger charge is 2.27. The molecule has 1 saturated heterocycles. The van der Waals surface area contributed by atoms with E-state index in [9.17, 15) is 13.0 Å². The van der Waals surface area contributed by atoms with Crippen LogP contribution in [-0.2, 0) is 10.8 Å². The van der Waals surface area contributed by atoms with Crippen molar-refractivity contribution in [3.05, 3.63) is 35.4 Å². The molecular weight excluding hydrogens is 394 g/mol. The fourth-order valence-corrected chi connectivity index (χ4v) is 4.49. The molecular formula is C21H34F2N4OS. The van der Waals surface area contributed by atoms with Gasteiger partial charge in [-0.3, -0.25) is 14.1 Å². The van der Waals surface area contributed by atoms with E-state index in [1.54, 1.807) is 13.1 Å². The first-order valence-electron chi connectivity index (χ1n) is 10.2. The number of nitrogens with one attached hydrogen (secondary N) is 1. The summed E-state index contributed by atoms with van der Waals surface area (Å²) in [7, 11) is 0.843. The Hall–Kier alpha value is -1.54. The normalized spacial score (nSPS) is 18.6. The smallest absolute Gasteiger partial charge is 0.193 e. The first-order chi connectivity index (χ1) is 13.7. The number of nitrogens with zero attached hydrogens (tertiary/aromatic N) is 3. The van der Waals surface area contributed by atoms with Crippen LogP contribution in [0.3, 0.4) is 0 Å². The zero-order chi connectivity index (χ0) is 21.6. The minimum absolute atomic E-state index is 0.0677. The average molecular weight is 429 g/mol. The Morgan fingerprint density at radius 3 is 2.41 bits per heavy atom. The Labute approximate surface area is 176 Å². The second-order valence-corrected chi connectivity index (χ2v) is 10.6. The van der Waals surface area contributed by atoms with Gasteiger partial charge in [-0.1, -0.05) is 13.0 Å². The van der Waals surface area contributed by atoms with Crippen molar-refractivity contribution in [1.82, 2.24) is 15.1 Å². The van der Waals surface area contributed by atoms with Crippen molar-refractivity contribution in [2.75, 3.05) is 45.5 Å². The fraction of sp³-hybridized carbons (Fsp3) is 0.667. The van der Waals surface area contributed by atoms with Gasteiger partial charge in [0.2, 0.25) is 0 Å². The Morgan fingerprint density at radius 1 is 1.24 bits per heavy atom. The Morgan fingerprint density at radius 2 is 1.90 bits per heavy atom. The first kappa shape index (κ1) is 23.7. The van der Waals surface area contributed by atoms with Crippen LogP contribution < -0.4 is 5.32 Å². The number of benzene rings is 1. The van der Waals surface area contributed by atoms with Crippen LogP contribution in [0.1, 0.15) is 45.7 Å². The zero-order valence-electron chi connectivity index (χ0n) is 18.2. The van der Waals surface area contributed by atoms with Crippen molar-refractivity contribution in [3.63, 3.8) is 0 Å².